The summed E-state index contributed by atoms with van der Waals surface area (Å²) in [6, 6.07) is -0.0751. The summed E-state index contributed by atoms with van der Waals surface area (Å²) in [4.78, 5) is 38.9. The molecular formula is C19H30N2O4. The van der Waals surface area contributed by atoms with E-state index in [4.69, 9.17) is 5.11 Å². The van der Waals surface area contributed by atoms with Crippen LogP contribution in [0.15, 0.2) is 0 Å². The van der Waals surface area contributed by atoms with E-state index in [0.717, 1.165) is 31.2 Å². The predicted molar refractivity (Wildman–Crippen MR) is 92.8 cm³/mol. The fourth-order valence-corrected chi connectivity index (χ4v) is 5.26. The molecule has 3 fully saturated rings. The number of carboxylic acids is 1. The number of amides is 2. The van der Waals surface area contributed by atoms with Crippen LogP contribution in [-0.4, -0.2) is 58.4 Å². The highest BCUT2D eigenvalue weighted by Gasteiger charge is 2.40. The van der Waals surface area contributed by atoms with Gasteiger partial charge in [-0.1, -0.05) is 6.42 Å². The van der Waals surface area contributed by atoms with Crippen LogP contribution >= 0.6 is 0 Å². The first-order valence-corrected chi connectivity index (χ1v) is 9.70. The highest BCUT2D eigenvalue weighted by molar-refractivity contribution is 5.80. The first-order valence-electron chi connectivity index (χ1n) is 9.70. The van der Waals surface area contributed by atoms with Crippen LogP contribution in [0.5, 0.6) is 0 Å². The Kier molecular flexibility index (Phi) is 5.64. The average molecular weight is 350 g/mol. The van der Waals surface area contributed by atoms with Crippen molar-refractivity contribution in [2.45, 2.75) is 64.3 Å². The average Bonchev–Trinajstić information content (AvgIpc) is 3.07. The molecule has 1 saturated heterocycles. The van der Waals surface area contributed by atoms with E-state index >= 15 is 0 Å². The van der Waals surface area contributed by atoms with Gasteiger partial charge in [0.15, 0.2) is 0 Å². The van der Waals surface area contributed by atoms with E-state index < -0.39 is 5.97 Å². The molecule has 2 saturated carbocycles. The van der Waals surface area contributed by atoms with E-state index in [0.29, 0.717) is 25.3 Å². The molecule has 2 bridgehead atoms. The molecule has 4 unspecified atom stereocenters. The number of carbonyl (C=O) groups excluding carboxylic acids is 2. The van der Waals surface area contributed by atoms with Gasteiger partial charge in [0.2, 0.25) is 11.8 Å². The molecule has 3 aliphatic rings. The van der Waals surface area contributed by atoms with Gasteiger partial charge in [-0.25, -0.2) is 0 Å². The predicted octanol–water partition coefficient (Wildman–Crippen LogP) is 2.13. The highest BCUT2D eigenvalue weighted by Crippen LogP contribution is 2.49. The number of nitrogens with zero attached hydrogens (tertiary/aromatic N) is 2. The second-order valence-corrected chi connectivity index (χ2v) is 8.15. The van der Waals surface area contributed by atoms with Crippen molar-refractivity contribution in [2.24, 2.45) is 17.8 Å². The van der Waals surface area contributed by atoms with Gasteiger partial charge in [-0.3, -0.25) is 14.4 Å². The monoisotopic (exact) mass is 350 g/mol. The maximum Gasteiger partial charge on any atom is 0.323 e. The van der Waals surface area contributed by atoms with Crippen molar-refractivity contribution in [3.63, 3.8) is 0 Å². The Hall–Kier alpha value is -1.59. The van der Waals surface area contributed by atoms with Crippen molar-refractivity contribution in [1.82, 2.24) is 9.80 Å². The third-order valence-electron chi connectivity index (χ3n) is 6.52. The van der Waals surface area contributed by atoms with Crippen LogP contribution in [0.3, 0.4) is 0 Å². The molecule has 6 nitrogen and oxygen atoms in total. The Morgan fingerprint density at radius 1 is 1.08 bits per heavy atom. The minimum Gasteiger partial charge on any atom is -0.480 e. The first kappa shape index (κ1) is 18.2. The molecule has 2 aliphatic carbocycles. The van der Waals surface area contributed by atoms with Gasteiger partial charge in [0.05, 0.1) is 0 Å². The summed E-state index contributed by atoms with van der Waals surface area (Å²) >= 11 is 0. The first-order chi connectivity index (χ1) is 11.9. The van der Waals surface area contributed by atoms with Gasteiger partial charge in [0.25, 0.3) is 0 Å². The van der Waals surface area contributed by atoms with Crippen molar-refractivity contribution >= 4 is 17.8 Å². The lowest BCUT2D eigenvalue weighted by Crippen LogP contribution is -2.43. The van der Waals surface area contributed by atoms with Crippen LogP contribution in [0.25, 0.3) is 0 Å². The minimum absolute atomic E-state index is 0.0751. The van der Waals surface area contributed by atoms with Crippen LogP contribution in [-0.2, 0) is 14.4 Å². The highest BCUT2D eigenvalue weighted by atomic mass is 16.4. The number of likely N-dealkylation sites (tertiary alicyclic amines) is 1. The van der Waals surface area contributed by atoms with Gasteiger partial charge >= 0.3 is 5.97 Å². The maximum atomic E-state index is 12.7. The summed E-state index contributed by atoms with van der Waals surface area (Å²) in [5.74, 6) is 1.27. The summed E-state index contributed by atoms with van der Waals surface area (Å²) in [6.45, 7) is 2.54. The fourth-order valence-electron chi connectivity index (χ4n) is 5.26. The van der Waals surface area contributed by atoms with Crippen LogP contribution in [0, 0.1) is 17.8 Å². The molecule has 0 aromatic carbocycles. The van der Waals surface area contributed by atoms with Crippen molar-refractivity contribution in [1.29, 1.82) is 0 Å². The van der Waals surface area contributed by atoms with Crippen molar-refractivity contribution < 1.29 is 19.5 Å². The molecule has 0 aromatic heterocycles. The van der Waals surface area contributed by atoms with E-state index in [2.05, 4.69) is 0 Å². The Morgan fingerprint density at radius 3 is 2.48 bits per heavy atom. The molecular weight excluding hydrogens is 320 g/mol. The molecule has 25 heavy (non-hydrogen) atoms. The van der Waals surface area contributed by atoms with Gasteiger partial charge < -0.3 is 14.9 Å². The number of fused-ring (bicyclic) bond motifs is 2. The zero-order chi connectivity index (χ0) is 18.0. The summed E-state index contributed by atoms with van der Waals surface area (Å²) in [6.07, 6.45) is 8.15. The summed E-state index contributed by atoms with van der Waals surface area (Å²) in [5.41, 5.74) is 0. The third kappa shape index (κ3) is 4.33. The number of aliphatic carboxylic acids is 1. The third-order valence-corrected chi connectivity index (χ3v) is 6.52. The van der Waals surface area contributed by atoms with Gasteiger partial charge in [0.1, 0.15) is 6.54 Å². The van der Waals surface area contributed by atoms with Gasteiger partial charge in [-0.15, -0.1) is 0 Å². The number of rotatable bonds is 5. The topological polar surface area (TPSA) is 77.9 Å². The molecule has 1 aliphatic heterocycles. The summed E-state index contributed by atoms with van der Waals surface area (Å²) in [5, 5.41) is 9.03. The largest absolute Gasteiger partial charge is 0.480 e. The van der Waals surface area contributed by atoms with Gasteiger partial charge in [-0.05, 0) is 56.3 Å². The van der Waals surface area contributed by atoms with Crippen LogP contribution in [0.2, 0.25) is 0 Å². The number of hydrogen-bond acceptors (Lipinski definition) is 3. The molecule has 6 heteroatoms. The smallest absolute Gasteiger partial charge is 0.323 e. The number of carbonyl (C=O) groups is 3. The van der Waals surface area contributed by atoms with Crippen LogP contribution in [0.4, 0.5) is 0 Å². The normalized spacial score (nSPS) is 31.6. The molecule has 4 atom stereocenters. The van der Waals surface area contributed by atoms with E-state index in [1.54, 1.807) is 0 Å². The molecule has 1 N–H and O–H groups in total. The Labute approximate surface area is 149 Å². The quantitative estimate of drug-likeness (QED) is 0.824. The lowest BCUT2D eigenvalue weighted by Gasteiger charge is -2.29. The van der Waals surface area contributed by atoms with E-state index in [9.17, 15) is 14.4 Å². The fraction of sp³-hybridized carbons (Fsp3) is 0.842. The Balaban J connectivity index is 1.52. The SMILES string of the molecule is CC(=O)N(CC(=O)O)C1CCCN(C(=O)CC2CC3CCC2C3)CC1. The van der Waals surface area contributed by atoms with Crippen molar-refractivity contribution in [3.05, 3.63) is 0 Å². The molecule has 1 heterocycles. The second kappa shape index (κ2) is 7.75. The zero-order valence-electron chi connectivity index (χ0n) is 15.2. The van der Waals surface area contributed by atoms with Crippen LogP contribution in [0.1, 0.15) is 58.3 Å². The van der Waals surface area contributed by atoms with Crippen molar-refractivity contribution in [2.75, 3.05) is 19.6 Å². The molecule has 0 aromatic rings. The maximum absolute atomic E-state index is 12.7. The van der Waals surface area contributed by atoms with Crippen LogP contribution < -0.4 is 0 Å². The number of carboxylic acid groups (broad SMARTS) is 1. The molecule has 0 radical (unpaired) electrons. The van der Waals surface area contributed by atoms with Gasteiger partial charge in [-0.2, -0.15) is 0 Å². The lowest BCUT2D eigenvalue weighted by molar-refractivity contribution is -0.145. The zero-order valence-corrected chi connectivity index (χ0v) is 15.2. The second-order valence-electron chi connectivity index (χ2n) is 8.15. The van der Waals surface area contributed by atoms with E-state index in [1.165, 1.54) is 37.5 Å². The minimum atomic E-state index is -0.983. The van der Waals surface area contributed by atoms with Crippen molar-refractivity contribution in [3.8, 4) is 0 Å². The summed E-state index contributed by atoms with van der Waals surface area (Å²) in [7, 11) is 0. The number of hydrogen-bond donors (Lipinski definition) is 1. The molecule has 140 valence electrons. The van der Waals surface area contributed by atoms with E-state index in [-0.39, 0.29) is 24.4 Å². The Morgan fingerprint density at radius 2 is 1.88 bits per heavy atom. The Bertz CT molecular complexity index is 536. The lowest BCUT2D eigenvalue weighted by atomic mass is 9.86. The molecule has 3 rings (SSSR count). The standard InChI is InChI=1S/C19H30N2O4/c1-13(22)21(12-19(24)25)17-3-2-7-20(8-6-17)18(23)11-16-10-14-4-5-15(16)9-14/h14-17H,2-12H2,1H3,(H,24,25). The van der Waals surface area contributed by atoms with E-state index in [1.807, 2.05) is 4.90 Å². The molecule has 2 amide bonds. The molecule has 0 spiro atoms. The van der Waals surface area contributed by atoms with Gasteiger partial charge in [0, 0.05) is 32.5 Å². The summed E-state index contributed by atoms with van der Waals surface area (Å²) < 4.78 is 0.